The minimum absolute atomic E-state index is 0.495. The number of nitrogens with zero attached hydrogens (tertiary/aromatic N) is 1. The van der Waals surface area contributed by atoms with Gasteiger partial charge in [-0.15, -0.1) is 0 Å². The predicted molar refractivity (Wildman–Crippen MR) is 67.7 cm³/mol. The van der Waals surface area contributed by atoms with Gasteiger partial charge >= 0.3 is 0 Å². The number of fused-ring (bicyclic) bond motifs is 1. The highest BCUT2D eigenvalue weighted by atomic mass is 16.3. The van der Waals surface area contributed by atoms with E-state index in [4.69, 9.17) is 10.2 Å². The molecule has 0 fully saturated rings. The molecule has 0 bridgehead atoms. The Kier molecular flexibility index (Phi) is 1.98. The standard InChI is InChI=1S/C13H13N3O/c1-7-8(2)17-11-5-3-4-9(13(7)11)10-6-12(14)16-15-10/h3-6H,1-2H3,(H3,14,15,16). The van der Waals surface area contributed by atoms with Gasteiger partial charge in [0.05, 0.1) is 5.69 Å². The molecule has 1 aromatic carbocycles. The lowest BCUT2D eigenvalue weighted by molar-refractivity contribution is 0.575. The fourth-order valence-corrected chi connectivity index (χ4v) is 2.12. The van der Waals surface area contributed by atoms with E-state index in [1.807, 2.05) is 31.2 Å². The van der Waals surface area contributed by atoms with Crippen LogP contribution in [-0.2, 0) is 0 Å². The topological polar surface area (TPSA) is 67.8 Å². The monoisotopic (exact) mass is 227 g/mol. The molecule has 0 aliphatic heterocycles. The highest BCUT2D eigenvalue weighted by Gasteiger charge is 2.13. The number of aromatic amines is 1. The number of nitrogens with two attached hydrogens (primary N) is 1. The third-order valence-electron chi connectivity index (χ3n) is 3.08. The van der Waals surface area contributed by atoms with Gasteiger partial charge in [0.15, 0.2) is 0 Å². The Morgan fingerprint density at radius 3 is 2.82 bits per heavy atom. The fraction of sp³-hybridized carbons (Fsp3) is 0.154. The van der Waals surface area contributed by atoms with E-state index in [9.17, 15) is 0 Å². The maximum Gasteiger partial charge on any atom is 0.145 e. The third kappa shape index (κ3) is 1.41. The molecule has 2 heterocycles. The molecule has 0 aliphatic carbocycles. The molecule has 0 spiro atoms. The molecule has 0 radical (unpaired) electrons. The Morgan fingerprint density at radius 1 is 1.29 bits per heavy atom. The summed E-state index contributed by atoms with van der Waals surface area (Å²) in [7, 11) is 0. The highest BCUT2D eigenvalue weighted by Crippen LogP contribution is 2.33. The number of nitrogens with one attached hydrogen (secondary N) is 1. The van der Waals surface area contributed by atoms with Crippen molar-refractivity contribution >= 4 is 16.8 Å². The van der Waals surface area contributed by atoms with Gasteiger partial charge < -0.3 is 10.2 Å². The lowest BCUT2D eigenvalue weighted by atomic mass is 10.0. The average Bonchev–Trinajstić information content (AvgIpc) is 2.85. The number of hydrogen-bond donors (Lipinski definition) is 2. The summed E-state index contributed by atoms with van der Waals surface area (Å²) in [6.45, 7) is 4.03. The lowest BCUT2D eigenvalue weighted by Gasteiger charge is -2.00. The summed E-state index contributed by atoms with van der Waals surface area (Å²) in [6, 6.07) is 7.81. The van der Waals surface area contributed by atoms with Crippen LogP contribution in [0.3, 0.4) is 0 Å². The molecule has 0 atom stereocenters. The Labute approximate surface area is 98.4 Å². The van der Waals surface area contributed by atoms with E-state index >= 15 is 0 Å². The molecular formula is C13H13N3O. The SMILES string of the molecule is Cc1oc2cccc(-c3cc(N)n[nH]3)c2c1C. The average molecular weight is 227 g/mol. The van der Waals surface area contributed by atoms with Crippen LogP contribution < -0.4 is 5.73 Å². The van der Waals surface area contributed by atoms with E-state index in [2.05, 4.69) is 17.1 Å². The molecule has 4 heteroatoms. The van der Waals surface area contributed by atoms with Gasteiger partial charge in [-0.1, -0.05) is 12.1 Å². The van der Waals surface area contributed by atoms with Gasteiger partial charge in [-0.25, -0.2) is 0 Å². The normalized spacial score (nSPS) is 11.2. The molecule has 4 nitrogen and oxygen atoms in total. The molecule has 3 rings (SSSR count). The molecule has 17 heavy (non-hydrogen) atoms. The first kappa shape index (κ1) is 9.96. The molecule has 86 valence electrons. The van der Waals surface area contributed by atoms with Gasteiger partial charge in [-0.2, -0.15) is 5.10 Å². The number of benzene rings is 1. The van der Waals surface area contributed by atoms with Crippen LogP contribution in [0, 0.1) is 13.8 Å². The van der Waals surface area contributed by atoms with Crippen molar-refractivity contribution in [3.63, 3.8) is 0 Å². The van der Waals surface area contributed by atoms with Gasteiger partial charge in [-0.3, -0.25) is 5.10 Å². The quantitative estimate of drug-likeness (QED) is 0.671. The van der Waals surface area contributed by atoms with Gasteiger partial charge in [0.2, 0.25) is 0 Å². The molecule has 3 aromatic rings. The van der Waals surface area contributed by atoms with Crippen LogP contribution in [0.2, 0.25) is 0 Å². The molecule has 0 saturated carbocycles. The largest absolute Gasteiger partial charge is 0.461 e. The Morgan fingerprint density at radius 2 is 2.12 bits per heavy atom. The van der Waals surface area contributed by atoms with E-state index in [0.29, 0.717) is 5.82 Å². The number of hydrogen-bond acceptors (Lipinski definition) is 3. The second kappa shape index (κ2) is 3.38. The number of anilines is 1. The first-order chi connectivity index (χ1) is 8.16. The third-order valence-corrected chi connectivity index (χ3v) is 3.08. The summed E-state index contributed by atoms with van der Waals surface area (Å²) in [6.07, 6.45) is 0. The number of aryl methyl sites for hydroxylation is 2. The maximum absolute atomic E-state index is 5.70. The van der Waals surface area contributed by atoms with E-state index in [0.717, 1.165) is 33.6 Å². The zero-order chi connectivity index (χ0) is 12.0. The first-order valence-electron chi connectivity index (χ1n) is 5.47. The number of rotatable bonds is 1. The number of nitrogen functional groups attached to an aromatic ring is 1. The Balaban J connectivity index is 2.36. The summed E-state index contributed by atoms with van der Waals surface area (Å²) in [5, 5.41) is 8.01. The van der Waals surface area contributed by atoms with Crippen molar-refractivity contribution in [3.05, 3.63) is 35.6 Å². The van der Waals surface area contributed by atoms with Crippen molar-refractivity contribution in [2.75, 3.05) is 5.73 Å². The summed E-state index contributed by atoms with van der Waals surface area (Å²) in [4.78, 5) is 0. The fourth-order valence-electron chi connectivity index (χ4n) is 2.12. The van der Waals surface area contributed by atoms with Gasteiger partial charge in [0.25, 0.3) is 0 Å². The minimum Gasteiger partial charge on any atom is -0.461 e. The summed E-state index contributed by atoms with van der Waals surface area (Å²) >= 11 is 0. The molecular weight excluding hydrogens is 214 g/mol. The summed E-state index contributed by atoms with van der Waals surface area (Å²) in [5.41, 5.74) is 9.67. The van der Waals surface area contributed by atoms with Crippen molar-refractivity contribution < 1.29 is 4.42 Å². The van der Waals surface area contributed by atoms with Crippen molar-refractivity contribution in [1.29, 1.82) is 0 Å². The Bertz CT molecular complexity index is 694. The molecule has 3 N–H and O–H groups in total. The number of H-pyrrole nitrogens is 1. The summed E-state index contributed by atoms with van der Waals surface area (Å²) < 4.78 is 5.70. The van der Waals surface area contributed by atoms with Crippen LogP contribution in [0.5, 0.6) is 0 Å². The number of furan rings is 1. The first-order valence-corrected chi connectivity index (χ1v) is 5.47. The van der Waals surface area contributed by atoms with Crippen molar-refractivity contribution in [2.24, 2.45) is 0 Å². The van der Waals surface area contributed by atoms with Crippen LogP contribution in [0.4, 0.5) is 5.82 Å². The maximum atomic E-state index is 5.70. The van der Waals surface area contributed by atoms with E-state index in [1.54, 1.807) is 0 Å². The molecule has 0 aliphatic rings. The lowest BCUT2D eigenvalue weighted by Crippen LogP contribution is -1.81. The van der Waals surface area contributed by atoms with Gasteiger partial charge in [0.1, 0.15) is 17.2 Å². The predicted octanol–water partition coefficient (Wildman–Crippen LogP) is 3.02. The van der Waals surface area contributed by atoms with Crippen LogP contribution in [0.1, 0.15) is 11.3 Å². The van der Waals surface area contributed by atoms with E-state index in [1.165, 1.54) is 0 Å². The molecule has 0 saturated heterocycles. The second-order valence-electron chi connectivity index (χ2n) is 4.17. The highest BCUT2D eigenvalue weighted by molar-refractivity contribution is 5.96. The smallest absolute Gasteiger partial charge is 0.145 e. The van der Waals surface area contributed by atoms with Crippen LogP contribution in [-0.4, -0.2) is 10.2 Å². The summed E-state index contributed by atoms with van der Waals surface area (Å²) in [5.74, 6) is 1.44. The van der Waals surface area contributed by atoms with Crippen LogP contribution >= 0.6 is 0 Å². The minimum atomic E-state index is 0.495. The van der Waals surface area contributed by atoms with Crippen LogP contribution in [0.15, 0.2) is 28.7 Å². The van der Waals surface area contributed by atoms with Crippen molar-refractivity contribution in [1.82, 2.24) is 10.2 Å². The van der Waals surface area contributed by atoms with E-state index < -0.39 is 0 Å². The zero-order valence-electron chi connectivity index (χ0n) is 9.74. The zero-order valence-corrected chi connectivity index (χ0v) is 9.74. The second-order valence-corrected chi connectivity index (χ2v) is 4.17. The number of aromatic nitrogens is 2. The van der Waals surface area contributed by atoms with Crippen LogP contribution in [0.25, 0.3) is 22.2 Å². The van der Waals surface area contributed by atoms with E-state index in [-0.39, 0.29) is 0 Å². The molecule has 0 unspecified atom stereocenters. The van der Waals surface area contributed by atoms with Crippen molar-refractivity contribution in [2.45, 2.75) is 13.8 Å². The molecule has 2 aromatic heterocycles. The Hall–Kier alpha value is -2.23. The molecule has 0 amide bonds. The van der Waals surface area contributed by atoms with Gasteiger partial charge in [0, 0.05) is 17.0 Å². The van der Waals surface area contributed by atoms with Crippen molar-refractivity contribution in [3.8, 4) is 11.3 Å². The van der Waals surface area contributed by atoms with Gasteiger partial charge in [-0.05, 0) is 25.5 Å².